The van der Waals surface area contributed by atoms with Gasteiger partial charge in [0.05, 0.1) is 12.8 Å². The highest BCUT2D eigenvalue weighted by atomic mass is 32.2. The van der Waals surface area contributed by atoms with Crippen molar-refractivity contribution in [2.24, 2.45) is 5.92 Å². The zero-order chi connectivity index (χ0) is 12.0. The summed E-state index contributed by atoms with van der Waals surface area (Å²) in [6.45, 7) is 6.54. The molecule has 0 saturated heterocycles. The SMILES string of the molecule is CCOC(=O)c1cnc(SCCC(C)C)[nH]1. The van der Waals surface area contributed by atoms with E-state index in [1.54, 1.807) is 18.7 Å². The molecule has 1 rings (SSSR count). The Morgan fingerprint density at radius 2 is 2.38 bits per heavy atom. The number of aromatic amines is 1. The lowest BCUT2D eigenvalue weighted by atomic mass is 10.2. The molecule has 0 radical (unpaired) electrons. The molecule has 1 heterocycles. The van der Waals surface area contributed by atoms with Gasteiger partial charge in [-0.25, -0.2) is 9.78 Å². The van der Waals surface area contributed by atoms with Crippen molar-refractivity contribution < 1.29 is 9.53 Å². The molecule has 0 aliphatic rings. The molecule has 90 valence electrons. The maximum atomic E-state index is 11.3. The maximum Gasteiger partial charge on any atom is 0.356 e. The van der Waals surface area contributed by atoms with Crippen LogP contribution in [0.15, 0.2) is 11.4 Å². The number of H-pyrrole nitrogens is 1. The first-order valence-corrected chi connectivity index (χ1v) is 6.47. The Labute approximate surface area is 100 Å². The Kier molecular flexibility index (Phi) is 5.38. The van der Waals surface area contributed by atoms with Crippen molar-refractivity contribution in [1.29, 1.82) is 0 Å². The lowest BCUT2D eigenvalue weighted by Crippen LogP contribution is -2.04. The van der Waals surface area contributed by atoms with E-state index in [4.69, 9.17) is 4.74 Å². The highest BCUT2D eigenvalue weighted by Gasteiger charge is 2.10. The van der Waals surface area contributed by atoms with Crippen LogP contribution in [-0.2, 0) is 4.74 Å². The number of carbonyl (C=O) groups is 1. The van der Waals surface area contributed by atoms with E-state index in [-0.39, 0.29) is 5.97 Å². The molecule has 0 atom stereocenters. The summed E-state index contributed by atoms with van der Waals surface area (Å²) in [5.74, 6) is 1.35. The number of imidazole rings is 1. The quantitative estimate of drug-likeness (QED) is 0.615. The van der Waals surface area contributed by atoms with Crippen molar-refractivity contribution >= 4 is 17.7 Å². The highest BCUT2D eigenvalue weighted by molar-refractivity contribution is 7.99. The first kappa shape index (κ1) is 13.1. The van der Waals surface area contributed by atoms with Gasteiger partial charge in [-0.3, -0.25) is 0 Å². The number of rotatable bonds is 6. The van der Waals surface area contributed by atoms with Crippen LogP contribution in [0.4, 0.5) is 0 Å². The first-order valence-electron chi connectivity index (χ1n) is 5.48. The molecule has 0 saturated carbocycles. The number of carbonyl (C=O) groups excluding carboxylic acids is 1. The molecule has 0 spiro atoms. The Morgan fingerprint density at radius 3 is 3.00 bits per heavy atom. The maximum absolute atomic E-state index is 11.3. The second kappa shape index (κ2) is 6.58. The van der Waals surface area contributed by atoms with E-state index in [0.29, 0.717) is 18.2 Å². The van der Waals surface area contributed by atoms with Gasteiger partial charge < -0.3 is 9.72 Å². The smallest absolute Gasteiger partial charge is 0.356 e. The number of ether oxygens (including phenoxy) is 1. The highest BCUT2D eigenvalue weighted by Crippen LogP contribution is 2.17. The minimum atomic E-state index is -0.342. The molecule has 0 aliphatic carbocycles. The molecule has 0 amide bonds. The van der Waals surface area contributed by atoms with E-state index in [2.05, 4.69) is 23.8 Å². The molecule has 5 heteroatoms. The summed E-state index contributed by atoms with van der Waals surface area (Å²) in [5.41, 5.74) is 0.425. The fraction of sp³-hybridized carbons (Fsp3) is 0.636. The fourth-order valence-corrected chi connectivity index (χ4v) is 2.17. The Morgan fingerprint density at radius 1 is 1.62 bits per heavy atom. The number of hydrogen-bond donors (Lipinski definition) is 1. The fourth-order valence-electron chi connectivity index (χ4n) is 1.08. The van der Waals surface area contributed by atoms with Gasteiger partial charge in [-0.15, -0.1) is 0 Å². The summed E-state index contributed by atoms with van der Waals surface area (Å²) in [6, 6.07) is 0. The molecule has 0 fully saturated rings. The summed E-state index contributed by atoms with van der Waals surface area (Å²) in [6.07, 6.45) is 2.66. The van der Waals surface area contributed by atoms with Gasteiger partial charge in [0, 0.05) is 5.75 Å². The predicted octanol–water partition coefficient (Wildman–Crippen LogP) is 2.72. The molecule has 1 aromatic rings. The van der Waals surface area contributed by atoms with Gasteiger partial charge in [-0.1, -0.05) is 25.6 Å². The summed E-state index contributed by atoms with van der Waals surface area (Å²) in [5, 5.41) is 0.781. The van der Waals surface area contributed by atoms with E-state index in [9.17, 15) is 4.79 Å². The molecule has 0 bridgehead atoms. The Balaban J connectivity index is 2.42. The molecule has 0 aliphatic heterocycles. The van der Waals surface area contributed by atoms with E-state index in [0.717, 1.165) is 17.3 Å². The molecule has 1 N–H and O–H groups in total. The van der Waals surface area contributed by atoms with Crippen LogP contribution in [0.25, 0.3) is 0 Å². The summed E-state index contributed by atoms with van der Waals surface area (Å²) < 4.78 is 4.86. The van der Waals surface area contributed by atoms with Gasteiger partial charge in [-0.05, 0) is 19.3 Å². The second-order valence-electron chi connectivity index (χ2n) is 3.85. The molecule has 4 nitrogen and oxygen atoms in total. The summed E-state index contributed by atoms with van der Waals surface area (Å²) >= 11 is 1.63. The second-order valence-corrected chi connectivity index (χ2v) is 4.94. The number of aromatic nitrogens is 2. The van der Waals surface area contributed by atoms with Crippen molar-refractivity contribution in [2.45, 2.75) is 32.3 Å². The van der Waals surface area contributed by atoms with Crippen LogP contribution in [0, 0.1) is 5.92 Å². The van der Waals surface area contributed by atoms with E-state index < -0.39 is 0 Å². The first-order chi connectivity index (χ1) is 7.63. The van der Waals surface area contributed by atoms with E-state index in [1.165, 1.54) is 6.20 Å². The lowest BCUT2D eigenvalue weighted by Gasteiger charge is -2.01. The third kappa shape index (κ3) is 4.26. The van der Waals surface area contributed by atoms with Gasteiger partial charge in [0.1, 0.15) is 5.69 Å². The normalized spacial score (nSPS) is 10.8. The summed E-state index contributed by atoms with van der Waals surface area (Å²) in [4.78, 5) is 18.4. The van der Waals surface area contributed by atoms with Crippen LogP contribution in [-0.4, -0.2) is 28.3 Å². The topological polar surface area (TPSA) is 55.0 Å². The summed E-state index contributed by atoms with van der Waals surface area (Å²) in [7, 11) is 0. The van der Waals surface area contributed by atoms with Gasteiger partial charge >= 0.3 is 5.97 Å². The van der Waals surface area contributed by atoms with Crippen molar-refractivity contribution in [1.82, 2.24) is 9.97 Å². The van der Waals surface area contributed by atoms with Crippen LogP contribution in [0.3, 0.4) is 0 Å². The van der Waals surface area contributed by atoms with E-state index in [1.807, 2.05) is 0 Å². The number of thioether (sulfide) groups is 1. The van der Waals surface area contributed by atoms with Crippen molar-refractivity contribution in [2.75, 3.05) is 12.4 Å². The zero-order valence-corrected chi connectivity index (χ0v) is 10.8. The minimum Gasteiger partial charge on any atom is -0.461 e. The van der Waals surface area contributed by atoms with Crippen LogP contribution >= 0.6 is 11.8 Å². The Hall–Kier alpha value is -0.970. The van der Waals surface area contributed by atoms with E-state index >= 15 is 0 Å². The van der Waals surface area contributed by atoms with Gasteiger partial charge in [0.2, 0.25) is 0 Å². The van der Waals surface area contributed by atoms with Gasteiger partial charge in [-0.2, -0.15) is 0 Å². The average molecular weight is 242 g/mol. The number of nitrogens with one attached hydrogen (secondary N) is 1. The average Bonchev–Trinajstić information content (AvgIpc) is 2.66. The monoisotopic (exact) mass is 242 g/mol. The number of hydrogen-bond acceptors (Lipinski definition) is 4. The van der Waals surface area contributed by atoms with Crippen molar-refractivity contribution in [3.05, 3.63) is 11.9 Å². The zero-order valence-electron chi connectivity index (χ0n) is 9.95. The molecule has 0 aromatic carbocycles. The van der Waals surface area contributed by atoms with Crippen LogP contribution in [0.1, 0.15) is 37.7 Å². The lowest BCUT2D eigenvalue weighted by molar-refractivity contribution is 0.0519. The third-order valence-corrected chi connectivity index (χ3v) is 2.90. The van der Waals surface area contributed by atoms with Crippen LogP contribution in [0.2, 0.25) is 0 Å². The number of nitrogens with zero attached hydrogens (tertiary/aromatic N) is 1. The van der Waals surface area contributed by atoms with Crippen molar-refractivity contribution in [3.63, 3.8) is 0 Å². The molecular weight excluding hydrogens is 224 g/mol. The predicted molar refractivity (Wildman–Crippen MR) is 64.7 cm³/mol. The largest absolute Gasteiger partial charge is 0.461 e. The third-order valence-electron chi connectivity index (χ3n) is 1.98. The van der Waals surface area contributed by atoms with Gasteiger partial charge in [0.15, 0.2) is 5.16 Å². The molecular formula is C11H18N2O2S. The van der Waals surface area contributed by atoms with Gasteiger partial charge in [0.25, 0.3) is 0 Å². The number of esters is 1. The minimum absolute atomic E-state index is 0.342. The molecule has 1 aromatic heterocycles. The van der Waals surface area contributed by atoms with Crippen LogP contribution in [0.5, 0.6) is 0 Å². The standard InChI is InChI=1S/C11H18N2O2S/c1-4-15-10(14)9-7-12-11(13-9)16-6-5-8(2)3/h7-8H,4-6H2,1-3H3,(H,12,13). The van der Waals surface area contributed by atoms with Crippen molar-refractivity contribution in [3.8, 4) is 0 Å². The molecule has 0 unspecified atom stereocenters. The molecule has 16 heavy (non-hydrogen) atoms. The van der Waals surface area contributed by atoms with Crippen LogP contribution < -0.4 is 0 Å². The Bertz CT molecular complexity index is 336.